The van der Waals surface area contributed by atoms with E-state index in [0.717, 1.165) is 46.4 Å². The van der Waals surface area contributed by atoms with Gasteiger partial charge in [-0.15, -0.1) is 0 Å². The van der Waals surface area contributed by atoms with Crippen LogP contribution in [0.2, 0.25) is 0 Å². The predicted molar refractivity (Wildman–Crippen MR) is 134 cm³/mol. The van der Waals surface area contributed by atoms with Gasteiger partial charge in [-0.25, -0.2) is 0 Å². The summed E-state index contributed by atoms with van der Waals surface area (Å²) in [7, 11) is 1.42. The third-order valence-electron chi connectivity index (χ3n) is 7.08. The summed E-state index contributed by atoms with van der Waals surface area (Å²) in [6.45, 7) is 1.94. The van der Waals surface area contributed by atoms with Gasteiger partial charge in [0, 0.05) is 19.1 Å². The van der Waals surface area contributed by atoms with Gasteiger partial charge in [0.25, 0.3) is 5.91 Å². The number of aliphatic hydroxyl groups is 1. The molecule has 1 heterocycles. The van der Waals surface area contributed by atoms with Crippen molar-refractivity contribution in [2.24, 2.45) is 0 Å². The number of ketones is 1. The third kappa shape index (κ3) is 4.59. The van der Waals surface area contributed by atoms with E-state index < -0.39 is 11.6 Å². The zero-order valence-electron chi connectivity index (χ0n) is 20.4. The molecule has 1 fully saturated rings. The number of benzene rings is 3. The number of rotatable bonds is 9. The molecule has 3 aromatic carbocycles. The molecular formula is C29H29NO6. The minimum absolute atomic E-state index is 0.208. The van der Waals surface area contributed by atoms with E-state index >= 15 is 0 Å². The second-order valence-corrected chi connectivity index (χ2v) is 9.36. The van der Waals surface area contributed by atoms with Crippen molar-refractivity contribution in [3.8, 4) is 22.6 Å². The highest BCUT2D eigenvalue weighted by Crippen LogP contribution is 2.51. The number of Topliss-reactive ketones (excluding diaryl/α,β-unsaturated/α-hetero) is 1. The minimum Gasteiger partial charge on any atom is -0.454 e. The Labute approximate surface area is 210 Å². The van der Waals surface area contributed by atoms with Crippen molar-refractivity contribution in [3.05, 3.63) is 82.9 Å². The average molecular weight is 488 g/mol. The summed E-state index contributed by atoms with van der Waals surface area (Å²) in [5.41, 5.74) is 5.04. The molecule has 1 atom stereocenters. The molecule has 186 valence electrons. The highest BCUT2D eigenvalue weighted by atomic mass is 16.7. The molecular weight excluding hydrogens is 458 g/mol. The number of carbonyl (C=O) groups is 2. The maximum absolute atomic E-state index is 13.4. The van der Waals surface area contributed by atoms with Crippen LogP contribution in [0.5, 0.6) is 11.5 Å². The Morgan fingerprint density at radius 2 is 1.78 bits per heavy atom. The topological polar surface area (TPSA) is 94.1 Å². The summed E-state index contributed by atoms with van der Waals surface area (Å²) in [6.07, 6.45) is 1.28. The molecule has 1 amide bonds. The molecule has 3 aromatic rings. The smallest absolute Gasteiger partial charge is 0.253 e. The zero-order chi connectivity index (χ0) is 25.3. The molecule has 0 spiro atoms. The number of hydrogen-bond donors (Lipinski definition) is 2. The first kappa shape index (κ1) is 24.0. The quantitative estimate of drug-likeness (QED) is 0.444. The first-order valence-corrected chi connectivity index (χ1v) is 12.0. The number of aliphatic hydroxyl groups excluding tert-OH is 1. The molecule has 0 saturated heterocycles. The van der Waals surface area contributed by atoms with Crippen LogP contribution in [0.3, 0.4) is 0 Å². The second-order valence-electron chi connectivity index (χ2n) is 9.36. The van der Waals surface area contributed by atoms with Crippen molar-refractivity contribution >= 4 is 11.7 Å². The second kappa shape index (κ2) is 9.76. The lowest BCUT2D eigenvalue weighted by molar-refractivity contribution is -0.120. The Bertz CT molecular complexity index is 1290. The molecule has 1 aliphatic heterocycles. The summed E-state index contributed by atoms with van der Waals surface area (Å²) < 4.78 is 15.9. The summed E-state index contributed by atoms with van der Waals surface area (Å²) in [4.78, 5) is 25.8. The fraction of sp³-hybridized carbons (Fsp3) is 0.310. The normalized spacial score (nSPS) is 15.9. The predicted octanol–water partition coefficient (Wildman–Crippen LogP) is 3.93. The van der Waals surface area contributed by atoms with E-state index in [4.69, 9.17) is 14.2 Å². The number of carbonyl (C=O) groups excluding carboxylic acids is 2. The molecule has 0 unspecified atom stereocenters. The van der Waals surface area contributed by atoms with E-state index in [2.05, 4.69) is 11.4 Å². The summed E-state index contributed by atoms with van der Waals surface area (Å²) in [6, 6.07) is 19.2. The number of hydrogen-bond acceptors (Lipinski definition) is 6. The van der Waals surface area contributed by atoms with Crippen molar-refractivity contribution < 1.29 is 28.9 Å². The largest absolute Gasteiger partial charge is 0.454 e. The Morgan fingerprint density at radius 3 is 2.47 bits per heavy atom. The van der Waals surface area contributed by atoms with Crippen LogP contribution in [0.15, 0.2) is 60.7 Å². The first-order chi connectivity index (χ1) is 17.4. The summed E-state index contributed by atoms with van der Waals surface area (Å²) in [5, 5.41) is 11.8. The van der Waals surface area contributed by atoms with Gasteiger partial charge < -0.3 is 24.6 Å². The molecule has 36 heavy (non-hydrogen) atoms. The first-order valence-electron chi connectivity index (χ1n) is 12.0. The molecule has 0 radical (unpaired) electrons. The van der Waals surface area contributed by atoms with Gasteiger partial charge >= 0.3 is 0 Å². The summed E-state index contributed by atoms with van der Waals surface area (Å²) >= 11 is 0. The van der Waals surface area contributed by atoms with Gasteiger partial charge in [0.15, 0.2) is 17.7 Å². The fourth-order valence-corrected chi connectivity index (χ4v) is 4.70. The molecule has 5 rings (SSSR count). The number of aryl methyl sites for hydroxylation is 1. The van der Waals surface area contributed by atoms with E-state index in [9.17, 15) is 14.7 Å². The van der Waals surface area contributed by atoms with Crippen LogP contribution in [0.4, 0.5) is 0 Å². The van der Waals surface area contributed by atoms with E-state index in [1.54, 1.807) is 12.1 Å². The maximum Gasteiger partial charge on any atom is 0.253 e. The van der Waals surface area contributed by atoms with Crippen LogP contribution in [0, 0.1) is 6.92 Å². The van der Waals surface area contributed by atoms with E-state index in [-0.39, 0.29) is 25.1 Å². The minimum atomic E-state index is -0.749. The van der Waals surface area contributed by atoms with Crippen molar-refractivity contribution in [1.29, 1.82) is 0 Å². The molecule has 0 bridgehead atoms. The van der Waals surface area contributed by atoms with E-state index in [1.165, 1.54) is 7.11 Å². The Balaban J connectivity index is 1.32. The van der Waals surface area contributed by atoms with E-state index in [0.29, 0.717) is 17.7 Å². The van der Waals surface area contributed by atoms with Crippen LogP contribution in [-0.4, -0.2) is 43.5 Å². The van der Waals surface area contributed by atoms with Crippen LogP contribution < -0.4 is 14.8 Å². The maximum atomic E-state index is 13.4. The Hall–Kier alpha value is -3.68. The van der Waals surface area contributed by atoms with Crippen molar-refractivity contribution in [3.63, 3.8) is 0 Å². The molecule has 2 N–H and O–H groups in total. The molecule has 2 aliphatic rings. The molecule has 7 heteroatoms. The van der Waals surface area contributed by atoms with Gasteiger partial charge in [0.2, 0.25) is 6.79 Å². The van der Waals surface area contributed by atoms with Crippen LogP contribution in [-0.2, 0) is 21.4 Å². The number of amides is 1. The molecule has 0 aromatic heterocycles. The van der Waals surface area contributed by atoms with Crippen LogP contribution >= 0.6 is 0 Å². The average Bonchev–Trinajstić information content (AvgIpc) is 3.59. The van der Waals surface area contributed by atoms with Crippen molar-refractivity contribution in [2.75, 3.05) is 20.5 Å². The SMILES string of the molecule is CO[C@@H](CO)NC(=O)c1ccc(-c2cc(CC(=O)C3(c4ccc5c(c4)OCO5)CC3)ccc2C)cc1. The van der Waals surface area contributed by atoms with Crippen LogP contribution in [0.25, 0.3) is 11.1 Å². The Morgan fingerprint density at radius 1 is 1.03 bits per heavy atom. The van der Waals surface area contributed by atoms with E-state index in [1.807, 2.05) is 49.4 Å². The molecule has 1 saturated carbocycles. The molecule has 7 nitrogen and oxygen atoms in total. The lowest BCUT2D eigenvalue weighted by Gasteiger charge is -2.16. The number of nitrogens with one attached hydrogen (secondary N) is 1. The lowest BCUT2D eigenvalue weighted by atomic mass is 9.87. The van der Waals surface area contributed by atoms with Crippen molar-refractivity contribution in [1.82, 2.24) is 5.32 Å². The van der Waals surface area contributed by atoms with Crippen molar-refractivity contribution in [2.45, 2.75) is 37.8 Å². The zero-order valence-corrected chi connectivity index (χ0v) is 20.4. The van der Waals surface area contributed by atoms with Gasteiger partial charge in [-0.05, 0) is 71.8 Å². The Kier molecular flexibility index (Phi) is 6.51. The number of ether oxygens (including phenoxy) is 3. The number of methoxy groups -OCH3 is 1. The van der Waals surface area contributed by atoms with Gasteiger partial charge in [-0.3, -0.25) is 9.59 Å². The molecule has 1 aliphatic carbocycles. The fourth-order valence-electron chi connectivity index (χ4n) is 4.70. The van der Waals surface area contributed by atoms with Gasteiger partial charge in [0.05, 0.1) is 12.0 Å². The standard InChI is InChI=1S/C29H29NO6/c1-18-3-4-19(13-23(18)20-5-7-21(8-6-20)28(33)30-27(16-31)34-2)14-26(32)29(11-12-29)22-9-10-24-25(15-22)36-17-35-24/h3-10,13,15,27,31H,11-12,14,16-17H2,1-2H3,(H,30,33)/t27-/m0/s1. The number of fused-ring (bicyclic) bond motifs is 1. The summed E-state index contributed by atoms with van der Waals surface area (Å²) in [5.74, 6) is 1.31. The third-order valence-corrected chi connectivity index (χ3v) is 7.08. The van der Waals surface area contributed by atoms with Gasteiger partial charge in [0.1, 0.15) is 5.78 Å². The van der Waals surface area contributed by atoms with Gasteiger partial charge in [-0.1, -0.05) is 36.4 Å². The highest BCUT2D eigenvalue weighted by Gasteiger charge is 2.50. The highest BCUT2D eigenvalue weighted by molar-refractivity contribution is 5.96. The lowest BCUT2D eigenvalue weighted by Crippen LogP contribution is -2.38. The van der Waals surface area contributed by atoms with Crippen LogP contribution in [0.1, 0.15) is 39.9 Å². The van der Waals surface area contributed by atoms with Gasteiger partial charge in [-0.2, -0.15) is 0 Å². The monoisotopic (exact) mass is 487 g/mol.